The van der Waals surface area contributed by atoms with E-state index in [0.29, 0.717) is 0 Å². The Labute approximate surface area is 147 Å². The maximum Gasteiger partial charge on any atom is 0.182 e. The van der Waals surface area contributed by atoms with Gasteiger partial charge >= 0.3 is 0 Å². The quantitative estimate of drug-likeness (QED) is 0.904. The molecule has 0 aliphatic carbocycles. The lowest BCUT2D eigenvalue weighted by Crippen LogP contribution is -2.25. The number of hydrazone groups is 1. The van der Waals surface area contributed by atoms with Crippen LogP contribution in [-0.4, -0.2) is 23.7 Å². The van der Waals surface area contributed by atoms with Gasteiger partial charge in [0.25, 0.3) is 0 Å². The molecule has 2 aromatic carbocycles. The fourth-order valence-corrected chi connectivity index (χ4v) is 3.38. The molecular weight excluding hydrogens is 318 g/mol. The van der Waals surface area contributed by atoms with E-state index in [0.717, 1.165) is 28.1 Å². The van der Waals surface area contributed by atoms with Gasteiger partial charge in [-0.1, -0.05) is 30.0 Å². The number of aliphatic imine (C=N–C) groups is 1. The number of para-hydroxylation sites is 2. The Morgan fingerprint density at radius 1 is 1.08 bits per heavy atom. The predicted octanol–water partition coefficient (Wildman–Crippen LogP) is 4.35. The third-order valence-corrected chi connectivity index (χ3v) is 4.96. The first-order valence-corrected chi connectivity index (χ1v) is 8.82. The molecule has 0 radical (unpaired) electrons. The van der Waals surface area contributed by atoms with Crippen molar-refractivity contribution < 1.29 is 4.74 Å². The molecule has 1 heterocycles. The second-order valence-corrected chi connectivity index (χ2v) is 6.76. The van der Waals surface area contributed by atoms with Crippen molar-refractivity contribution >= 4 is 28.3 Å². The van der Waals surface area contributed by atoms with Crippen molar-refractivity contribution in [3.05, 3.63) is 58.7 Å². The third-order valence-electron chi connectivity index (χ3n) is 4.09. The smallest absolute Gasteiger partial charge is 0.182 e. The molecule has 5 heteroatoms. The molecule has 4 nitrogen and oxygen atoms in total. The molecule has 1 aliphatic rings. The Bertz CT molecular complexity index is 827. The minimum Gasteiger partial charge on any atom is -0.494 e. The number of rotatable bonds is 3. The summed E-state index contributed by atoms with van der Waals surface area (Å²) >= 11 is 1.65. The van der Waals surface area contributed by atoms with Crippen molar-refractivity contribution in [1.29, 1.82) is 0 Å². The lowest BCUT2D eigenvalue weighted by atomic mass is 9.98. The van der Waals surface area contributed by atoms with Crippen LogP contribution in [0.3, 0.4) is 0 Å². The summed E-state index contributed by atoms with van der Waals surface area (Å²) in [6.45, 7) is 6.41. The zero-order valence-electron chi connectivity index (χ0n) is 14.4. The minimum absolute atomic E-state index is 0.757. The van der Waals surface area contributed by atoms with Crippen molar-refractivity contribution in [2.45, 2.75) is 20.8 Å². The van der Waals surface area contributed by atoms with Gasteiger partial charge in [-0.3, -0.25) is 5.43 Å². The van der Waals surface area contributed by atoms with E-state index in [1.807, 2.05) is 24.3 Å². The average molecular weight is 339 g/mol. The molecule has 0 saturated carbocycles. The maximum atomic E-state index is 5.34. The highest BCUT2D eigenvalue weighted by molar-refractivity contribution is 8.14. The van der Waals surface area contributed by atoms with Crippen LogP contribution in [0.15, 0.2) is 46.5 Å². The van der Waals surface area contributed by atoms with Crippen molar-refractivity contribution in [3.8, 4) is 5.75 Å². The van der Waals surface area contributed by atoms with E-state index in [4.69, 9.17) is 4.74 Å². The van der Waals surface area contributed by atoms with E-state index < -0.39 is 0 Å². The Morgan fingerprint density at radius 2 is 1.83 bits per heavy atom. The Morgan fingerprint density at radius 3 is 2.54 bits per heavy atom. The number of methoxy groups -OCH3 is 1. The van der Waals surface area contributed by atoms with Crippen LogP contribution in [0.1, 0.15) is 22.3 Å². The molecule has 0 spiro atoms. The number of aryl methyl sites for hydroxylation is 3. The monoisotopic (exact) mass is 339 g/mol. The van der Waals surface area contributed by atoms with Gasteiger partial charge in [0.05, 0.1) is 12.8 Å². The molecule has 3 rings (SSSR count). The molecule has 24 heavy (non-hydrogen) atoms. The van der Waals surface area contributed by atoms with Gasteiger partial charge in [-0.2, -0.15) is 5.10 Å². The largest absolute Gasteiger partial charge is 0.494 e. The van der Waals surface area contributed by atoms with Gasteiger partial charge in [-0.15, -0.1) is 0 Å². The minimum atomic E-state index is 0.757. The second kappa shape index (κ2) is 7.09. The fourth-order valence-electron chi connectivity index (χ4n) is 2.61. The predicted molar refractivity (Wildman–Crippen MR) is 103 cm³/mol. The summed E-state index contributed by atoms with van der Waals surface area (Å²) in [5.41, 5.74) is 9.99. The number of nitrogens with zero attached hydrogens (tertiary/aromatic N) is 2. The van der Waals surface area contributed by atoms with Crippen LogP contribution in [0.5, 0.6) is 5.75 Å². The van der Waals surface area contributed by atoms with Gasteiger partial charge in [0.2, 0.25) is 0 Å². The van der Waals surface area contributed by atoms with Crippen molar-refractivity contribution in [2.75, 3.05) is 12.9 Å². The summed E-state index contributed by atoms with van der Waals surface area (Å²) in [5.74, 6) is 1.55. The van der Waals surface area contributed by atoms with Crippen molar-refractivity contribution in [3.63, 3.8) is 0 Å². The first-order valence-electron chi connectivity index (χ1n) is 7.84. The van der Waals surface area contributed by atoms with Crippen LogP contribution >= 0.6 is 11.8 Å². The topological polar surface area (TPSA) is 46.0 Å². The number of amidine groups is 1. The third kappa shape index (κ3) is 3.46. The first-order chi connectivity index (χ1) is 11.6. The molecule has 124 valence electrons. The molecule has 0 bridgehead atoms. The summed E-state index contributed by atoms with van der Waals surface area (Å²) in [5, 5.41) is 5.32. The van der Waals surface area contributed by atoms with Crippen LogP contribution in [0.2, 0.25) is 0 Å². The molecule has 0 aromatic heterocycles. The SMILES string of the molecule is COc1ccccc1N=C1NN=C(c2cc(C)c(C)cc2C)CS1. The van der Waals surface area contributed by atoms with Crippen LogP contribution in [0.25, 0.3) is 0 Å². The molecule has 0 saturated heterocycles. The Kier molecular flexibility index (Phi) is 4.90. The standard InChI is InChI=1S/C19H21N3OS/c1-12-9-14(3)15(10-13(12)2)17-11-24-19(22-21-17)20-16-7-5-6-8-18(16)23-4/h5-10H,11H2,1-4H3,(H,20,22). The van der Waals surface area contributed by atoms with Gasteiger partial charge in [0.15, 0.2) is 5.17 Å². The number of ether oxygens (including phenoxy) is 1. The molecule has 0 atom stereocenters. The van der Waals surface area contributed by atoms with E-state index in [1.54, 1.807) is 18.9 Å². The summed E-state index contributed by atoms with van der Waals surface area (Å²) in [6.07, 6.45) is 0. The number of hydrogen-bond donors (Lipinski definition) is 1. The molecule has 2 aromatic rings. The average Bonchev–Trinajstić information content (AvgIpc) is 2.59. The van der Waals surface area contributed by atoms with Gasteiger partial charge in [-0.25, -0.2) is 4.99 Å². The lowest BCUT2D eigenvalue weighted by molar-refractivity contribution is 0.416. The Hall–Kier alpha value is -2.27. The summed E-state index contributed by atoms with van der Waals surface area (Å²) in [4.78, 5) is 4.61. The van der Waals surface area contributed by atoms with Crippen LogP contribution in [0.4, 0.5) is 5.69 Å². The van der Waals surface area contributed by atoms with Gasteiger partial charge in [0, 0.05) is 11.3 Å². The fraction of sp³-hybridized carbons (Fsp3) is 0.263. The van der Waals surface area contributed by atoms with E-state index in [2.05, 4.69) is 48.4 Å². The second-order valence-electron chi connectivity index (χ2n) is 5.80. The van der Waals surface area contributed by atoms with Gasteiger partial charge in [-0.05, 0) is 55.7 Å². The highest BCUT2D eigenvalue weighted by Crippen LogP contribution is 2.28. The number of hydrogen-bond acceptors (Lipinski definition) is 4. The zero-order chi connectivity index (χ0) is 17.1. The van der Waals surface area contributed by atoms with Crippen LogP contribution < -0.4 is 10.2 Å². The lowest BCUT2D eigenvalue weighted by Gasteiger charge is -2.17. The summed E-state index contributed by atoms with van der Waals surface area (Å²) in [7, 11) is 1.65. The molecule has 0 fully saturated rings. The van der Waals surface area contributed by atoms with E-state index >= 15 is 0 Å². The summed E-state index contributed by atoms with van der Waals surface area (Å²) in [6, 6.07) is 12.1. The van der Waals surface area contributed by atoms with Crippen molar-refractivity contribution in [2.24, 2.45) is 10.1 Å². The normalized spacial score (nSPS) is 15.8. The number of thioether (sulfide) groups is 1. The molecule has 1 N–H and O–H groups in total. The first kappa shape index (κ1) is 16.6. The molecule has 0 unspecified atom stereocenters. The van der Waals surface area contributed by atoms with E-state index in [1.165, 1.54) is 22.3 Å². The van der Waals surface area contributed by atoms with E-state index in [-0.39, 0.29) is 0 Å². The molecule has 1 aliphatic heterocycles. The highest BCUT2D eigenvalue weighted by atomic mass is 32.2. The zero-order valence-corrected chi connectivity index (χ0v) is 15.2. The van der Waals surface area contributed by atoms with E-state index in [9.17, 15) is 0 Å². The van der Waals surface area contributed by atoms with Crippen LogP contribution in [0, 0.1) is 20.8 Å². The van der Waals surface area contributed by atoms with Gasteiger partial charge in [0.1, 0.15) is 11.4 Å². The number of nitrogens with one attached hydrogen (secondary N) is 1. The highest BCUT2D eigenvalue weighted by Gasteiger charge is 2.16. The number of benzene rings is 2. The Balaban J connectivity index is 1.84. The van der Waals surface area contributed by atoms with Crippen LogP contribution in [-0.2, 0) is 0 Å². The molecular formula is C19H21N3OS. The van der Waals surface area contributed by atoms with Crippen molar-refractivity contribution in [1.82, 2.24) is 5.43 Å². The summed E-state index contributed by atoms with van der Waals surface area (Å²) < 4.78 is 5.34. The maximum absolute atomic E-state index is 5.34. The van der Waals surface area contributed by atoms with Gasteiger partial charge < -0.3 is 4.74 Å². The molecule has 0 amide bonds.